The van der Waals surface area contributed by atoms with Crippen LogP contribution in [0.5, 0.6) is 0 Å². The molecule has 3 saturated heterocycles. The van der Waals surface area contributed by atoms with E-state index in [2.05, 4.69) is 43.5 Å². The van der Waals surface area contributed by atoms with Crippen molar-refractivity contribution in [3.63, 3.8) is 0 Å². The van der Waals surface area contributed by atoms with Crippen LogP contribution >= 0.6 is 0 Å². The molecule has 0 spiro atoms. The van der Waals surface area contributed by atoms with Gasteiger partial charge in [-0.15, -0.1) is 0 Å². The Balaban J connectivity index is 1.56. The summed E-state index contributed by atoms with van der Waals surface area (Å²) in [6.07, 6.45) is -2.23. The molecule has 0 aromatic rings. The van der Waals surface area contributed by atoms with Crippen LogP contribution in [-0.2, 0) is 33.2 Å². The second kappa shape index (κ2) is 31.3. The molecule has 17 unspecified atom stereocenters. The van der Waals surface area contributed by atoms with E-state index >= 15 is 0 Å². The second-order valence-corrected chi connectivity index (χ2v) is 17.2. The van der Waals surface area contributed by atoms with Gasteiger partial charge < -0.3 is 89.9 Å². The van der Waals surface area contributed by atoms with Gasteiger partial charge in [-0.25, -0.2) is 0 Å². The maximum Gasteiger partial charge on any atom is 0.220 e. The van der Waals surface area contributed by atoms with Gasteiger partial charge in [0.25, 0.3) is 0 Å². The third-order valence-electron chi connectivity index (χ3n) is 12.0. The maximum absolute atomic E-state index is 13.1. The summed E-state index contributed by atoms with van der Waals surface area (Å²) in [6, 6.07) is -0.887. The van der Waals surface area contributed by atoms with Crippen molar-refractivity contribution in [2.24, 2.45) is 0 Å². The van der Waals surface area contributed by atoms with Crippen molar-refractivity contribution in [2.45, 2.75) is 227 Å². The highest BCUT2D eigenvalue weighted by atomic mass is 16.8. The molecule has 19 heteroatoms. The van der Waals surface area contributed by atoms with E-state index in [9.17, 15) is 61.0 Å². The van der Waals surface area contributed by atoms with Crippen molar-refractivity contribution < 1.29 is 89.4 Å². The van der Waals surface area contributed by atoms with Gasteiger partial charge in [-0.05, 0) is 38.5 Å². The third kappa shape index (κ3) is 18.1. The van der Waals surface area contributed by atoms with Gasteiger partial charge in [-0.3, -0.25) is 4.79 Å². The Morgan fingerprint density at radius 2 is 1.06 bits per heavy atom. The summed E-state index contributed by atoms with van der Waals surface area (Å²) in [5.41, 5.74) is 0. The minimum atomic E-state index is -1.97. The van der Waals surface area contributed by atoms with Gasteiger partial charge in [0, 0.05) is 6.42 Å². The summed E-state index contributed by atoms with van der Waals surface area (Å²) in [6.45, 7) is 1.57. The molecule has 0 bridgehead atoms. The topological polar surface area (TPSA) is 307 Å². The standard InChI is InChI=1S/C45H81NO18/c1-3-5-7-9-11-12-13-14-15-16-17-19-21-23-33(51)46-28(29(50)22-20-18-10-8-6-4-2)27-59-43-39(57)36(54)41(31(25-48)61-43)64-45-40(58)37(55)42(32(26-49)62-45)63-44-38(56)35(53)34(52)30(24-47)60-44/h7,9,12-13,28-32,34-45,47-50,52-58H,3-6,8,10-11,14-27H2,1-2H3,(H,46,51)/b9-7-,13-12-. The zero-order valence-corrected chi connectivity index (χ0v) is 37.8. The van der Waals surface area contributed by atoms with Crippen LogP contribution in [0.2, 0.25) is 0 Å². The zero-order chi connectivity index (χ0) is 47.0. The fraction of sp³-hybridized carbons (Fsp3) is 0.889. The van der Waals surface area contributed by atoms with Crippen LogP contribution in [0.1, 0.15) is 123 Å². The van der Waals surface area contributed by atoms with Crippen molar-refractivity contribution in [1.29, 1.82) is 0 Å². The minimum Gasteiger partial charge on any atom is -0.394 e. The first-order chi connectivity index (χ1) is 30.8. The first-order valence-corrected chi connectivity index (χ1v) is 23.6. The quantitative estimate of drug-likeness (QED) is 0.0324. The van der Waals surface area contributed by atoms with Gasteiger partial charge in [0.05, 0.1) is 38.6 Å². The number of carbonyl (C=O) groups is 1. The molecule has 3 fully saturated rings. The lowest BCUT2D eigenvalue weighted by atomic mass is 9.96. The van der Waals surface area contributed by atoms with E-state index < -0.39 is 124 Å². The molecule has 0 aliphatic carbocycles. The predicted molar refractivity (Wildman–Crippen MR) is 231 cm³/mol. The van der Waals surface area contributed by atoms with Crippen LogP contribution < -0.4 is 5.32 Å². The molecule has 3 aliphatic heterocycles. The van der Waals surface area contributed by atoms with Crippen molar-refractivity contribution in [3.8, 4) is 0 Å². The number of amides is 1. The molecule has 374 valence electrons. The summed E-state index contributed by atoms with van der Waals surface area (Å²) in [4.78, 5) is 13.1. The first-order valence-electron chi connectivity index (χ1n) is 23.6. The normalized spacial score (nSPS) is 34.7. The van der Waals surface area contributed by atoms with E-state index in [0.29, 0.717) is 12.8 Å². The van der Waals surface area contributed by atoms with Crippen LogP contribution in [0.4, 0.5) is 0 Å². The van der Waals surface area contributed by atoms with Gasteiger partial charge in [0.1, 0.15) is 73.2 Å². The second-order valence-electron chi connectivity index (χ2n) is 17.2. The van der Waals surface area contributed by atoms with Crippen LogP contribution in [0.3, 0.4) is 0 Å². The Labute approximate surface area is 378 Å². The number of aliphatic hydroxyl groups excluding tert-OH is 11. The molecule has 19 nitrogen and oxygen atoms in total. The Bertz CT molecular complexity index is 1290. The van der Waals surface area contributed by atoms with Gasteiger partial charge in [0.15, 0.2) is 18.9 Å². The molecule has 12 N–H and O–H groups in total. The summed E-state index contributed by atoms with van der Waals surface area (Å²) >= 11 is 0. The van der Waals surface area contributed by atoms with Gasteiger partial charge in [-0.1, -0.05) is 102 Å². The highest BCUT2D eigenvalue weighted by Gasteiger charge is 2.53. The van der Waals surface area contributed by atoms with Crippen LogP contribution in [0, 0.1) is 0 Å². The average Bonchev–Trinajstić information content (AvgIpc) is 3.29. The zero-order valence-electron chi connectivity index (χ0n) is 37.8. The summed E-state index contributed by atoms with van der Waals surface area (Å²) in [5.74, 6) is -0.267. The monoisotopic (exact) mass is 924 g/mol. The van der Waals surface area contributed by atoms with Crippen molar-refractivity contribution in [2.75, 3.05) is 26.4 Å². The minimum absolute atomic E-state index is 0.249. The fourth-order valence-corrected chi connectivity index (χ4v) is 7.99. The Morgan fingerprint density at radius 1 is 0.562 bits per heavy atom. The van der Waals surface area contributed by atoms with Crippen LogP contribution in [0.15, 0.2) is 24.3 Å². The third-order valence-corrected chi connectivity index (χ3v) is 12.0. The lowest BCUT2D eigenvalue weighted by Crippen LogP contribution is -2.66. The van der Waals surface area contributed by atoms with Crippen LogP contribution in [-0.4, -0.2) is 193 Å². The lowest BCUT2D eigenvalue weighted by molar-refractivity contribution is -0.379. The molecular weight excluding hydrogens is 842 g/mol. The number of allylic oxidation sites excluding steroid dienone is 4. The largest absolute Gasteiger partial charge is 0.394 e. The van der Waals surface area contributed by atoms with Crippen LogP contribution in [0.25, 0.3) is 0 Å². The number of aliphatic hydroxyl groups is 11. The Morgan fingerprint density at radius 3 is 1.66 bits per heavy atom. The summed E-state index contributed by atoms with van der Waals surface area (Å²) < 4.78 is 34.0. The van der Waals surface area contributed by atoms with Crippen molar-refractivity contribution in [3.05, 3.63) is 24.3 Å². The fourth-order valence-electron chi connectivity index (χ4n) is 7.99. The lowest BCUT2D eigenvalue weighted by Gasteiger charge is -2.48. The maximum atomic E-state index is 13.1. The molecule has 3 aliphatic rings. The average molecular weight is 924 g/mol. The summed E-state index contributed by atoms with van der Waals surface area (Å²) in [7, 11) is 0. The summed E-state index contributed by atoms with van der Waals surface area (Å²) in [5, 5.41) is 119. The van der Waals surface area contributed by atoms with E-state index in [4.69, 9.17) is 28.4 Å². The number of hydrogen-bond donors (Lipinski definition) is 12. The van der Waals surface area contributed by atoms with Gasteiger partial charge >= 0.3 is 0 Å². The smallest absolute Gasteiger partial charge is 0.220 e. The predicted octanol–water partition coefficient (Wildman–Crippen LogP) is 0.0809. The number of ether oxygens (including phenoxy) is 6. The van der Waals surface area contributed by atoms with Gasteiger partial charge in [0.2, 0.25) is 5.91 Å². The van der Waals surface area contributed by atoms with Crippen molar-refractivity contribution in [1.82, 2.24) is 5.32 Å². The van der Waals surface area contributed by atoms with E-state index in [1.165, 1.54) is 0 Å². The highest BCUT2D eigenvalue weighted by molar-refractivity contribution is 5.76. The van der Waals surface area contributed by atoms with E-state index in [-0.39, 0.29) is 18.9 Å². The van der Waals surface area contributed by atoms with E-state index in [1.54, 1.807) is 0 Å². The Hall–Kier alpha value is -1.73. The van der Waals surface area contributed by atoms with Crippen molar-refractivity contribution >= 4 is 5.91 Å². The molecule has 3 heterocycles. The van der Waals surface area contributed by atoms with Gasteiger partial charge in [-0.2, -0.15) is 0 Å². The molecule has 1 amide bonds. The number of rotatable bonds is 31. The SMILES string of the molecule is CCC/C=C\C/C=C\CCCCCCCC(=O)NC(COC1OC(CO)C(OC2OC(CO)C(OC3OC(CO)C(O)C(O)C3O)C(O)C2O)C(O)C1O)C(O)CCCCCCCC. The molecule has 64 heavy (non-hydrogen) atoms. The molecule has 0 saturated carbocycles. The molecule has 3 rings (SSSR count). The van der Waals surface area contributed by atoms with E-state index in [1.807, 2.05) is 0 Å². The molecule has 17 atom stereocenters. The molecule has 0 radical (unpaired) electrons. The molecule has 0 aromatic heterocycles. The Kier molecular flexibility index (Phi) is 27.7. The first kappa shape index (κ1) is 56.6. The highest BCUT2D eigenvalue weighted by Crippen LogP contribution is 2.33. The molecule has 0 aromatic carbocycles. The van der Waals surface area contributed by atoms with E-state index in [0.717, 1.165) is 89.9 Å². The molecular formula is C45H81NO18. The number of hydrogen-bond acceptors (Lipinski definition) is 18. The number of nitrogens with one attached hydrogen (secondary N) is 1. The number of carbonyl (C=O) groups excluding carboxylic acids is 1. The number of unbranched alkanes of at least 4 members (excludes halogenated alkanes) is 11.